The molecule has 1 N–H and O–H groups in total. The second-order valence-corrected chi connectivity index (χ2v) is 6.33. The van der Waals surface area contributed by atoms with E-state index in [9.17, 15) is 14.7 Å². The topological polar surface area (TPSA) is 66.8 Å². The summed E-state index contributed by atoms with van der Waals surface area (Å²) >= 11 is 0. The predicted molar refractivity (Wildman–Crippen MR) is 78.2 cm³/mol. The number of carboxylic acid groups (broad SMARTS) is 1. The van der Waals surface area contributed by atoms with Crippen LogP contribution in [0.2, 0.25) is 0 Å². The molecule has 2 atom stereocenters. The van der Waals surface area contributed by atoms with Crippen molar-refractivity contribution < 1.29 is 19.4 Å². The number of carbonyl (C=O) groups is 2. The third kappa shape index (κ3) is 3.74. The lowest BCUT2D eigenvalue weighted by atomic mass is 9.96. The van der Waals surface area contributed by atoms with Crippen LogP contribution in [0.25, 0.3) is 0 Å². The molecule has 0 radical (unpaired) electrons. The summed E-state index contributed by atoms with van der Waals surface area (Å²) in [5.41, 5.74) is 0.432. The van der Waals surface area contributed by atoms with E-state index in [2.05, 4.69) is 0 Å². The summed E-state index contributed by atoms with van der Waals surface area (Å²) in [7, 11) is 0. The van der Waals surface area contributed by atoms with Crippen LogP contribution in [0.15, 0.2) is 30.3 Å². The zero-order chi connectivity index (χ0) is 15.6. The van der Waals surface area contributed by atoms with Gasteiger partial charge in [0.25, 0.3) is 0 Å². The first-order valence-corrected chi connectivity index (χ1v) is 7.05. The molecule has 1 aromatic carbocycles. The molecule has 0 aromatic heterocycles. The molecule has 1 aliphatic rings. The van der Waals surface area contributed by atoms with Crippen molar-refractivity contribution in [2.45, 2.75) is 44.8 Å². The third-order valence-electron chi connectivity index (χ3n) is 3.50. The Kier molecular flexibility index (Phi) is 4.21. The van der Waals surface area contributed by atoms with Crippen LogP contribution in [-0.4, -0.2) is 40.3 Å². The van der Waals surface area contributed by atoms with Crippen LogP contribution < -0.4 is 0 Å². The highest BCUT2D eigenvalue weighted by molar-refractivity contribution is 5.82. The lowest BCUT2D eigenvalue weighted by Gasteiger charge is -2.25. The van der Waals surface area contributed by atoms with Gasteiger partial charge in [0, 0.05) is 12.5 Å². The Hall–Kier alpha value is -2.04. The molecule has 5 nitrogen and oxygen atoms in total. The summed E-state index contributed by atoms with van der Waals surface area (Å²) in [6.45, 7) is 5.65. The minimum Gasteiger partial charge on any atom is -0.465 e. The number of carbonyl (C=O) groups excluding carboxylic acids is 1. The summed E-state index contributed by atoms with van der Waals surface area (Å²) in [6, 6.07) is 8.94. The van der Waals surface area contributed by atoms with Crippen molar-refractivity contribution in [2.75, 3.05) is 6.54 Å². The second kappa shape index (κ2) is 5.76. The number of esters is 1. The van der Waals surface area contributed by atoms with Crippen molar-refractivity contribution in [3.05, 3.63) is 35.9 Å². The molecule has 2 unspecified atom stereocenters. The van der Waals surface area contributed by atoms with Crippen molar-refractivity contribution >= 4 is 12.1 Å². The molecule has 114 valence electrons. The van der Waals surface area contributed by atoms with E-state index in [0.717, 1.165) is 5.56 Å². The molecule has 1 fully saturated rings. The summed E-state index contributed by atoms with van der Waals surface area (Å²) < 4.78 is 5.34. The molecule has 21 heavy (non-hydrogen) atoms. The standard InChI is InChI=1S/C16H21NO4/c1-16(2,3)21-14(18)13-9-12(10-17(13)15(19)20)11-7-5-4-6-8-11/h4-8,12-13H,9-10H2,1-3H3,(H,19,20). The lowest BCUT2D eigenvalue weighted by Crippen LogP contribution is -2.42. The molecular weight excluding hydrogens is 270 g/mol. The average Bonchev–Trinajstić information content (AvgIpc) is 2.83. The minimum atomic E-state index is -1.08. The number of hydrogen-bond acceptors (Lipinski definition) is 3. The van der Waals surface area contributed by atoms with E-state index in [1.165, 1.54) is 4.90 Å². The summed E-state index contributed by atoms with van der Waals surface area (Å²) in [6.07, 6.45) is -0.616. The van der Waals surface area contributed by atoms with Gasteiger partial charge in [-0.1, -0.05) is 30.3 Å². The van der Waals surface area contributed by atoms with E-state index in [1.54, 1.807) is 20.8 Å². The molecule has 5 heteroatoms. The van der Waals surface area contributed by atoms with Crippen LogP contribution in [0.5, 0.6) is 0 Å². The van der Waals surface area contributed by atoms with Crippen LogP contribution in [0.1, 0.15) is 38.7 Å². The van der Waals surface area contributed by atoms with Crippen molar-refractivity contribution in [2.24, 2.45) is 0 Å². The Morgan fingerprint density at radius 2 is 1.86 bits per heavy atom. The average molecular weight is 291 g/mol. The van der Waals surface area contributed by atoms with Gasteiger partial charge in [-0.05, 0) is 32.8 Å². The second-order valence-electron chi connectivity index (χ2n) is 6.33. The molecule has 0 saturated carbocycles. The number of likely N-dealkylation sites (tertiary alicyclic amines) is 1. The normalized spacial score (nSPS) is 22.1. The molecule has 1 saturated heterocycles. The van der Waals surface area contributed by atoms with Crippen LogP contribution in [0.3, 0.4) is 0 Å². The fraction of sp³-hybridized carbons (Fsp3) is 0.500. The van der Waals surface area contributed by atoms with E-state index in [4.69, 9.17) is 4.74 Å². The van der Waals surface area contributed by atoms with Crippen LogP contribution in [-0.2, 0) is 9.53 Å². The SMILES string of the molecule is CC(C)(C)OC(=O)C1CC(c2ccccc2)CN1C(=O)O. The van der Waals surface area contributed by atoms with Crippen LogP contribution in [0, 0.1) is 0 Å². The number of rotatable bonds is 2. The van der Waals surface area contributed by atoms with Gasteiger partial charge in [0.15, 0.2) is 0 Å². The van der Waals surface area contributed by atoms with Gasteiger partial charge in [-0.2, -0.15) is 0 Å². The Morgan fingerprint density at radius 3 is 2.38 bits per heavy atom. The molecule has 2 rings (SSSR count). The lowest BCUT2D eigenvalue weighted by molar-refractivity contribution is -0.159. The van der Waals surface area contributed by atoms with Gasteiger partial charge in [-0.15, -0.1) is 0 Å². The van der Waals surface area contributed by atoms with Gasteiger partial charge in [-0.3, -0.25) is 4.90 Å². The van der Waals surface area contributed by atoms with Gasteiger partial charge < -0.3 is 9.84 Å². The van der Waals surface area contributed by atoms with Gasteiger partial charge in [0.2, 0.25) is 0 Å². The van der Waals surface area contributed by atoms with Crippen molar-refractivity contribution in [3.63, 3.8) is 0 Å². The maximum absolute atomic E-state index is 12.2. The molecule has 1 aromatic rings. The molecule has 1 aliphatic heterocycles. The van der Waals surface area contributed by atoms with E-state index in [0.29, 0.717) is 13.0 Å². The number of benzene rings is 1. The molecule has 0 spiro atoms. The molecule has 1 heterocycles. The monoisotopic (exact) mass is 291 g/mol. The molecule has 1 amide bonds. The minimum absolute atomic E-state index is 0.0276. The molecular formula is C16H21NO4. The zero-order valence-corrected chi connectivity index (χ0v) is 12.6. The highest BCUT2D eigenvalue weighted by Crippen LogP contribution is 2.32. The highest BCUT2D eigenvalue weighted by Gasteiger charge is 2.42. The first kappa shape index (κ1) is 15.4. The van der Waals surface area contributed by atoms with Gasteiger partial charge >= 0.3 is 12.1 Å². The summed E-state index contributed by atoms with van der Waals surface area (Å²) in [4.78, 5) is 24.8. The first-order chi connectivity index (χ1) is 9.78. The predicted octanol–water partition coefficient (Wildman–Crippen LogP) is 2.86. The fourth-order valence-electron chi connectivity index (χ4n) is 2.61. The maximum Gasteiger partial charge on any atom is 0.408 e. The van der Waals surface area contributed by atoms with Gasteiger partial charge in [0.1, 0.15) is 11.6 Å². The van der Waals surface area contributed by atoms with Gasteiger partial charge in [-0.25, -0.2) is 9.59 Å². The Balaban J connectivity index is 2.16. The quantitative estimate of drug-likeness (QED) is 0.851. The van der Waals surface area contributed by atoms with E-state index < -0.39 is 23.7 Å². The number of amides is 1. The largest absolute Gasteiger partial charge is 0.465 e. The van der Waals surface area contributed by atoms with E-state index >= 15 is 0 Å². The first-order valence-electron chi connectivity index (χ1n) is 7.05. The van der Waals surface area contributed by atoms with E-state index in [-0.39, 0.29) is 5.92 Å². The van der Waals surface area contributed by atoms with Crippen molar-refractivity contribution in [1.29, 1.82) is 0 Å². The Morgan fingerprint density at radius 1 is 1.24 bits per heavy atom. The van der Waals surface area contributed by atoms with Crippen LogP contribution in [0.4, 0.5) is 4.79 Å². The maximum atomic E-state index is 12.2. The molecule has 0 bridgehead atoms. The number of hydrogen-bond donors (Lipinski definition) is 1. The molecule has 0 aliphatic carbocycles. The zero-order valence-electron chi connectivity index (χ0n) is 12.6. The third-order valence-corrected chi connectivity index (χ3v) is 3.50. The van der Waals surface area contributed by atoms with Crippen LogP contribution >= 0.6 is 0 Å². The smallest absolute Gasteiger partial charge is 0.408 e. The number of nitrogens with zero attached hydrogens (tertiary/aromatic N) is 1. The van der Waals surface area contributed by atoms with Gasteiger partial charge in [0.05, 0.1) is 0 Å². The van der Waals surface area contributed by atoms with E-state index in [1.807, 2.05) is 30.3 Å². The van der Waals surface area contributed by atoms with Crippen molar-refractivity contribution in [3.8, 4) is 0 Å². The Labute approximate surface area is 124 Å². The Bertz CT molecular complexity index is 521. The number of ether oxygens (including phenoxy) is 1. The summed E-state index contributed by atoms with van der Waals surface area (Å²) in [5, 5.41) is 9.31. The highest BCUT2D eigenvalue weighted by atomic mass is 16.6. The fourth-order valence-corrected chi connectivity index (χ4v) is 2.61. The van der Waals surface area contributed by atoms with Crippen molar-refractivity contribution in [1.82, 2.24) is 4.90 Å². The summed E-state index contributed by atoms with van der Waals surface area (Å²) in [5.74, 6) is -0.442.